The smallest absolute Gasteiger partial charge is 0.315 e. The van der Waals surface area contributed by atoms with Crippen LogP contribution >= 0.6 is 0 Å². The van der Waals surface area contributed by atoms with Gasteiger partial charge in [0.1, 0.15) is 11.5 Å². The van der Waals surface area contributed by atoms with E-state index >= 15 is 0 Å². The van der Waals surface area contributed by atoms with Crippen molar-refractivity contribution in [3.8, 4) is 0 Å². The van der Waals surface area contributed by atoms with Gasteiger partial charge in [-0.1, -0.05) is 0 Å². The van der Waals surface area contributed by atoms with Crippen molar-refractivity contribution in [3.05, 3.63) is 42.4 Å². The van der Waals surface area contributed by atoms with Crippen molar-refractivity contribution in [3.63, 3.8) is 0 Å². The number of nitrogens with zero attached hydrogens (tertiary/aromatic N) is 2. The summed E-state index contributed by atoms with van der Waals surface area (Å²) in [5, 5.41) is 5.61. The second-order valence-electron chi connectivity index (χ2n) is 4.37. The molecule has 0 unspecified atom stereocenters. The highest BCUT2D eigenvalue weighted by molar-refractivity contribution is 5.74. The van der Waals surface area contributed by atoms with E-state index in [9.17, 15) is 4.79 Å². The first-order valence-electron chi connectivity index (χ1n) is 6.21. The lowest BCUT2D eigenvalue weighted by Gasteiger charge is -2.12. The Bertz CT molecular complexity index is 518. The second kappa shape index (κ2) is 6.08. The number of amides is 2. The molecule has 0 aliphatic carbocycles. The van der Waals surface area contributed by atoms with Crippen molar-refractivity contribution in [1.29, 1.82) is 0 Å². The van der Waals surface area contributed by atoms with Gasteiger partial charge in [-0.05, 0) is 26.0 Å². The number of rotatable bonds is 5. The molecule has 0 saturated heterocycles. The van der Waals surface area contributed by atoms with Crippen molar-refractivity contribution in [1.82, 2.24) is 20.2 Å². The Morgan fingerprint density at radius 3 is 3.00 bits per heavy atom. The maximum absolute atomic E-state index is 11.7. The normalized spacial score (nSPS) is 12.1. The van der Waals surface area contributed by atoms with Gasteiger partial charge in [0.2, 0.25) is 0 Å². The molecule has 2 amide bonds. The number of furan rings is 1. The molecule has 2 rings (SSSR count). The summed E-state index contributed by atoms with van der Waals surface area (Å²) in [6.07, 6.45) is 5.28. The van der Waals surface area contributed by atoms with Crippen LogP contribution in [0.25, 0.3) is 0 Å². The molecular formula is C13H18N4O2. The molecule has 6 nitrogen and oxygen atoms in total. The van der Waals surface area contributed by atoms with Crippen LogP contribution in [-0.4, -0.2) is 22.1 Å². The quantitative estimate of drug-likeness (QED) is 0.863. The molecule has 2 heterocycles. The molecule has 6 heteroatoms. The van der Waals surface area contributed by atoms with E-state index in [2.05, 4.69) is 15.6 Å². The van der Waals surface area contributed by atoms with Crippen LogP contribution in [0.4, 0.5) is 4.79 Å². The number of hydrogen-bond acceptors (Lipinski definition) is 3. The molecule has 2 aromatic heterocycles. The second-order valence-corrected chi connectivity index (χ2v) is 4.37. The Kier molecular flexibility index (Phi) is 4.22. The topological polar surface area (TPSA) is 72.1 Å². The number of nitrogens with one attached hydrogen (secondary N) is 2. The predicted octanol–water partition coefficient (Wildman–Crippen LogP) is 1.84. The highest BCUT2D eigenvalue weighted by atomic mass is 16.3. The minimum Gasteiger partial charge on any atom is -0.464 e. The van der Waals surface area contributed by atoms with Gasteiger partial charge in [-0.25, -0.2) is 9.78 Å². The monoisotopic (exact) mass is 262 g/mol. The van der Waals surface area contributed by atoms with Gasteiger partial charge in [-0.15, -0.1) is 0 Å². The number of aryl methyl sites for hydroxylation is 1. The summed E-state index contributed by atoms with van der Waals surface area (Å²) in [6, 6.07) is 3.39. The SMILES string of the molecule is Cc1ccc([C@@H](C)NC(=O)NCCn2ccnc2)o1. The molecule has 0 aromatic carbocycles. The summed E-state index contributed by atoms with van der Waals surface area (Å²) in [5.74, 6) is 1.59. The molecule has 19 heavy (non-hydrogen) atoms. The largest absolute Gasteiger partial charge is 0.464 e. The molecule has 0 aliphatic rings. The Hall–Kier alpha value is -2.24. The van der Waals surface area contributed by atoms with Gasteiger partial charge in [0.05, 0.1) is 12.4 Å². The minimum atomic E-state index is -0.207. The third-order valence-electron chi connectivity index (χ3n) is 2.75. The van der Waals surface area contributed by atoms with Crippen LogP contribution < -0.4 is 10.6 Å². The summed E-state index contributed by atoms with van der Waals surface area (Å²) in [4.78, 5) is 15.6. The van der Waals surface area contributed by atoms with E-state index in [1.54, 1.807) is 12.5 Å². The van der Waals surface area contributed by atoms with E-state index < -0.39 is 0 Å². The minimum absolute atomic E-state index is 0.151. The zero-order chi connectivity index (χ0) is 13.7. The van der Waals surface area contributed by atoms with Crippen molar-refractivity contribution in [2.45, 2.75) is 26.4 Å². The van der Waals surface area contributed by atoms with Crippen LogP contribution in [0.3, 0.4) is 0 Å². The Morgan fingerprint density at radius 2 is 2.37 bits per heavy atom. The van der Waals surface area contributed by atoms with Gasteiger partial charge >= 0.3 is 6.03 Å². The van der Waals surface area contributed by atoms with E-state index in [-0.39, 0.29) is 12.1 Å². The van der Waals surface area contributed by atoms with E-state index in [0.29, 0.717) is 13.1 Å². The van der Waals surface area contributed by atoms with E-state index in [1.165, 1.54) is 0 Å². The van der Waals surface area contributed by atoms with Crippen molar-refractivity contribution in [2.75, 3.05) is 6.54 Å². The molecule has 0 saturated carbocycles. The molecule has 0 bridgehead atoms. The third-order valence-corrected chi connectivity index (χ3v) is 2.75. The first kappa shape index (κ1) is 13.2. The Balaban J connectivity index is 1.72. The molecule has 1 atom stereocenters. The molecule has 102 valence electrons. The number of carbonyl (C=O) groups excluding carboxylic acids is 1. The van der Waals surface area contributed by atoms with Gasteiger partial charge in [0, 0.05) is 25.5 Å². The number of aromatic nitrogens is 2. The fraction of sp³-hybridized carbons (Fsp3) is 0.385. The van der Waals surface area contributed by atoms with Gasteiger partial charge < -0.3 is 19.6 Å². The average molecular weight is 262 g/mol. The number of hydrogen-bond donors (Lipinski definition) is 2. The highest BCUT2D eigenvalue weighted by Gasteiger charge is 2.11. The number of imidazole rings is 1. The van der Waals surface area contributed by atoms with Crippen molar-refractivity contribution < 1.29 is 9.21 Å². The summed E-state index contributed by atoms with van der Waals surface area (Å²) in [6.45, 7) is 5.00. The van der Waals surface area contributed by atoms with Crippen molar-refractivity contribution >= 4 is 6.03 Å². The lowest BCUT2D eigenvalue weighted by Crippen LogP contribution is -2.38. The lowest BCUT2D eigenvalue weighted by atomic mass is 10.2. The van der Waals surface area contributed by atoms with Crippen LogP contribution in [-0.2, 0) is 6.54 Å². The molecule has 0 radical (unpaired) electrons. The standard InChI is InChI=1S/C13H18N4O2/c1-10-3-4-12(19-10)11(2)16-13(18)15-6-8-17-7-5-14-9-17/h3-5,7,9,11H,6,8H2,1-2H3,(H2,15,16,18)/t11-/m1/s1. The summed E-state index contributed by atoms with van der Waals surface area (Å²) in [5.41, 5.74) is 0. The van der Waals surface area contributed by atoms with E-state index in [0.717, 1.165) is 11.5 Å². The summed E-state index contributed by atoms with van der Waals surface area (Å²) >= 11 is 0. The van der Waals surface area contributed by atoms with Crippen LogP contribution in [0, 0.1) is 6.92 Å². The Morgan fingerprint density at radius 1 is 1.53 bits per heavy atom. The maximum Gasteiger partial charge on any atom is 0.315 e. The molecule has 2 N–H and O–H groups in total. The zero-order valence-corrected chi connectivity index (χ0v) is 11.1. The van der Waals surface area contributed by atoms with Gasteiger partial charge in [0.15, 0.2) is 0 Å². The predicted molar refractivity (Wildman–Crippen MR) is 70.6 cm³/mol. The maximum atomic E-state index is 11.7. The van der Waals surface area contributed by atoms with Gasteiger partial charge in [0.25, 0.3) is 0 Å². The van der Waals surface area contributed by atoms with E-state index in [1.807, 2.05) is 36.7 Å². The fourth-order valence-electron chi connectivity index (χ4n) is 1.72. The van der Waals surface area contributed by atoms with Crippen molar-refractivity contribution in [2.24, 2.45) is 0 Å². The van der Waals surface area contributed by atoms with Crippen LogP contribution in [0.2, 0.25) is 0 Å². The number of urea groups is 1. The van der Waals surface area contributed by atoms with E-state index in [4.69, 9.17) is 4.42 Å². The molecular weight excluding hydrogens is 244 g/mol. The highest BCUT2D eigenvalue weighted by Crippen LogP contribution is 2.14. The van der Waals surface area contributed by atoms with Gasteiger partial charge in [-0.2, -0.15) is 0 Å². The Labute approximate surface area is 111 Å². The molecule has 0 aliphatic heterocycles. The number of carbonyl (C=O) groups is 1. The first-order valence-corrected chi connectivity index (χ1v) is 6.21. The summed E-state index contributed by atoms with van der Waals surface area (Å²) < 4.78 is 7.36. The molecule has 0 fully saturated rings. The van der Waals surface area contributed by atoms with Crippen LogP contribution in [0.15, 0.2) is 35.3 Å². The third kappa shape index (κ3) is 3.87. The fourth-order valence-corrected chi connectivity index (χ4v) is 1.72. The lowest BCUT2D eigenvalue weighted by molar-refractivity contribution is 0.235. The molecule has 2 aromatic rings. The molecule has 0 spiro atoms. The summed E-state index contributed by atoms with van der Waals surface area (Å²) in [7, 11) is 0. The average Bonchev–Trinajstić information content (AvgIpc) is 3.00. The van der Waals surface area contributed by atoms with Crippen LogP contribution in [0.5, 0.6) is 0 Å². The van der Waals surface area contributed by atoms with Gasteiger partial charge in [-0.3, -0.25) is 0 Å². The zero-order valence-electron chi connectivity index (χ0n) is 11.1. The first-order chi connectivity index (χ1) is 9.15. The van der Waals surface area contributed by atoms with Crippen LogP contribution in [0.1, 0.15) is 24.5 Å².